The Morgan fingerprint density at radius 1 is 1.37 bits per heavy atom. The van der Waals surface area contributed by atoms with Gasteiger partial charge in [-0.25, -0.2) is 12.7 Å². The van der Waals surface area contributed by atoms with Gasteiger partial charge in [0.05, 0.1) is 18.3 Å². The topological polar surface area (TPSA) is 63.7 Å². The van der Waals surface area contributed by atoms with E-state index in [0.717, 1.165) is 12.8 Å². The maximum absolute atomic E-state index is 12.5. The maximum atomic E-state index is 12.5. The lowest BCUT2D eigenvalue weighted by atomic mass is 10.1. The minimum Gasteiger partial charge on any atom is -0.469 e. The van der Waals surface area contributed by atoms with Gasteiger partial charge in [-0.2, -0.15) is 0 Å². The molecule has 0 amide bonds. The standard InChI is InChI=1S/C13H25NO4S/c1-10(2)8-9-14(3)19(16,17)12-7-5-6-11(12)13(15)18-4/h10-12H,5-9H2,1-4H3. The first kappa shape index (κ1) is 16.4. The lowest BCUT2D eigenvalue weighted by Crippen LogP contribution is -2.41. The van der Waals surface area contributed by atoms with Crippen molar-refractivity contribution in [3.05, 3.63) is 0 Å². The summed E-state index contributed by atoms with van der Waals surface area (Å²) < 4.78 is 31.1. The van der Waals surface area contributed by atoms with Crippen LogP contribution in [0, 0.1) is 11.8 Å². The molecule has 1 aliphatic carbocycles. The van der Waals surface area contributed by atoms with Crippen LogP contribution in [0.15, 0.2) is 0 Å². The van der Waals surface area contributed by atoms with Crippen molar-refractivity contribution in [1.82, 2.24) is 4.31 Å². The lowest BCUT2D eigenvalue weighted by molar-refractivity contribution is -0.145. The zero-order valence-corrected chi connectivity index (χ0v) is 13.1. The molecule has 0 aliphatic heterocycles. The van der Waals surface area contributed by atoms with Crippen LogP contribution >= 0.6 is 0 Å². The van der Waals surface area contributed by atoms with Crippen LogP contribution in [-0.4, -0.2) is 44.6 Å². The molecule has 0 N–H and O–H groups in total. The van der Waals surface area contributed by atoms with Crippen LogP contribution in [0.2, 0.25) is 0 Å². The molecule has 0 aromatic heterocycles. The van der Waals surface area contributed by atoms with E-state index >= 15 is 0 Å². The van der Waals surface area contributed by atoms with Gasteiger partial charge in [-0.05, 0) is 25.2 Å². The summed E-state index contributed by atoms with van der Waals surface area (Å²) in [6.45, 7) is 4.63. The SMILES string of the molecule is COC(=O)C1CCCC1S(=O)(=O)N(C)CCC(C)C. The molecule has 0 aromatic carbocycles. The Bertz CT molecular complexity index is 405. The first-order chi connectivity index (χ1) is 8.80. The molecule has 0 radical (unpaired) electrons. The van der Waals surface area contributed by atoms with Crippen LogP contribution in [0.3, 0.4) is 0 Å². The number of hydrogen-bond donors (Lipinski definition) is 0. The normalized spacial score (nSPS) is 24.1. The van der Waals surface area contributed by atoms with Crippen molar-refractivity contribution in [2.45, 2.75) is 44.8 Å². The molecule has 6 heteroatoms. The van der Waals surface area contributed by atoms with Crippen molar-refractivity contribution in [1.29, 1.82) is 0 Å². The van der Waals surface area contributed by atoms with E-state index in [2.05, 4.69) is 13.8 Å². The Morgan fingerprint density at radius 2 is 2.00 bits per heavy atom. The first-order valence-electron chi connectivity index (χ1n) is 6.83. The molecule has 0 aromatic rings. The van der Waals surface area contributed by atoms with Gasteiger partial charge in [0.25, 0.3) is 0 Å². The molecule has 1 rings (SSSR count). The third-order valence-electron chi connectivity index (χ3n) is 3.79. The highest BCUT2D eigenvalue weighted by atomic mass is 32.2. The second-order valence-corrected chi connectivity index (χ2v) is 7.91. The number of ether oxygens (including phenoxy) is 1. The van der Waals surface area contributed by atoms with Crippen molar-refractivity contribution < 1.29 is 17.9 Å². The summed E-state index contributed by atoms with van der Waals surface area (Å²) in [5, 5.41) is -0.614. The second kappa shape index (κ2) is 6.70. The molecule has 19 heavy (non-hydrogen) atoms. The zero-order valence-electron chi connectivity index (χ0n) is 12.3. The van der Waals surface area contributed by atoms with Gasteiger partial charge in [-0.1, -0.05) is 20.3 Å². The summed E-state index contributed by atoms with van der Waals surface area (Å²) in [5.74, 6) is -0.447. The van der Waals surface area contributed by atoms with Crippen molar-refractivity contribution in [3.63, 3.8) is 0 Å². The van der Waals surface area contributed by atoms with Gasteiger partial charge in [-0.3, -0.25) is 4.79 Å². The predicted octanol–water partition coefficient (Wildman–Crippen LogP) is 1.64. The molecule has 1 fully saturated rings. The zero-order chi connectivity index (χ0) is 14.6. The van der Waals surface area contributed by atoms with Gasteiger partial charge in [0.15, 0.2) is 0 Å². The molecule has 112 valence electrons. The molecular weight excluding hydrogens is 266 g/mol. The lowest BCUT2D eigenvalue weighted by Gasteiger charge is -2.25. The molecule has 2 unspecified atom stereocenters. The highest BCUT2D eigenvalue weighted by Crippen LogP contribution is 2.33. The molecule has 2 atom stereocenters. The third-order valence-corrected chi connectivity index (χ3v) is 6.18. The molecule has 1 saturated carbocycles. The molecule has 5 nitrogen and oxygen atoms in total. The predicted molar refractivity (Wildman–Crippen MR) is 74.1 cm³/mol. The smallest absolute Gasteiger partial charge is 0.310 e. The fraction of sp³-hybridized carbons (Fsp3) is 0.923. The highest BCUT2D eigenvalue weighted by molar-refractivity contribution is 7.89. The van der Waals surface area contributed by atoms with Gasteiger partial charge < -0.3 is 4.74 Å². The van der Waals surface area contributed by atoms with Crippen molar-refractivity contribution in [2.75, 3.05) is 20.7 Å². The monoisotopic (exact) mass is 291 g/mol. The summed E-state index contributed by atoms with van der Waals surface area (Å²) in [6, 6.07) is 0. The van der Waals surface area contributed by atoms with Gasteiger partial charge in [0.2, 0.25) is 10.0 Å². The van der Waals surface area contributed by atoms with Crippen molar-refractivity contribution in [3.8, 4) is 0 Å². The van der Waals surface area contributed by atoms with Crippen molar-refractivity contribution in [2.24, 2.45) is 11.8 Å². The van der Waals surface area contributed by atoms with E-state index in [1.807, 2.05) is 0 Å². The van der Waals surface area contributed by atoms with E-state index in [1.54, 1.807) is 7.05 Å². The quantitative estimate of drug-likeness (QED) is 0.698. The summed E-state index contributed by atoms with van der Waals surface area (Å²) in [5.41, 5.74) is 0. The van der Waals surface area contributed by atoms with Gasteiger partial charge >= 0.3 is 5.97 Å². The minimum absolute atomic E-state index is 0.400. The summed E-state index contributed by atoms with van der Waals surface area (Å²) in [6.07, 6.45) is 2.75. The first-order valence-corrected chi connectivity index (χ1v) is 8.34. The average molecular weight is 291 g/mol. The van der Waals surface area contributed by atoms with Crippen LogP contribution in [0.4, 0.5) is 0 Å². The van der Waals surface area contributed by atoms with Gasteiger partial charge in [0.1, 0.15) is 0 Å². The van der Waals surface area contributed by atoms with Crippen LogP contribution in [0.1, 0.15) is 39.5 Å². The molecule has 0 bridgehead atoms. The number of hydrogen-bond acceptors (Lipinski definition) is 4. The number of esters is 1. The molecule has 0 saturated heterocycles. The number of carbonyl (C=O) groups excluding carboxylic acids is 1. The maximum Gasteiger partial charge on any atom is 0.310 e. The number of methoxy groups -OCH3 is 1. The molecule has 0 spiro atoms. The number of carbonyl (C=O) groups is 1. The summed E-state index contributed by atoms with van der Waals surface area (Å²) in [7, 11) is -0.492. The number of rotatable bonds is 6. The van der Waals surface area contributed by atoms with E-state index in [-0.39, 0.29) is 0 Å². The van der Waals surface area contributed by atoms with Crippen LogP contribution in [0.5, 0.6) is 0 Å². The second-order valence-electron chi connectivity index (χ2n) is 5.65. The Labute approximate surface area is 116 Å². The van der Waals surface area contributed by atoms with E-state index in [1.165, 1.54) is 11.4 Å². The molecular formula is C13H25NO4S. The Morgan fingerprint density at radius 3 is 2.53 bits per heavy atom. The van der Waals surface area contributed by atoms with Crippen LogP contribution in [-0.2, 0) is 19.6 Å². The van der Waals surface area contributed by atoms with E-state index in [0.29, 0.717) is 25.3 Å². The molecule has 1 aliphatic rings. The highest BCUT2D eigenvalue weighted by Gasteiger charge is 2.43. The fourth-order valence-corrected chi connectivity index (χ4v) is 4.45. The average Bonchev–Trinajstić information content (AvgIpc) is 2.84. The Balaban J connectivity index is 2.78. The van der Waals surface area contributed by atoms with E-state index in [4.69, 9.17) is 4.74 Å². The van der Waals surface area contributed by atoms with E-state index < -0.39 is 27.2 Å². The van der Waals surface area contributed by atoms with Crippen LogP contribution < -0.4 is 0 Å². The van der Waals surface area contributed by atoms with Gasteiger partial charge in [-0.15, -0.1) is 0 Å². The fourth-order valence-electron chi connectivity index (χ4n) is 2.50. The summed E-state index contributed by atoms with van der Waals surface area (Å²) in [4.78, 5) is 11.7. The number of sulfonamides is 1. The van der Waals surface area contributed by atoms with Crippen LogP contribution in [0.25, 0.3) is 0 Å². The Kier molecular flexibility index (Phi) is 5.80. The minimum atomic E-state index is -3.41. The third kappa shape index (κ3) is 3.92. The Hall–Kier alpha value is -0.620. The largest absolute Gasteiger partial charge is 0.469 e. The van der Waals surface area contributed by atoms with Crippen molar-refractivity contribution >= 4 is 16.0 Å². The summed E-state index contributed by atoms with van der Waals surface area (Å²) >= 11 is 0. The van der Waals surface area contributed by atoms with Gasteiger partial charge in [0, 0.05) is 13.6 Å². The van der Waals surface area contributed by atoms with E-state index in [9.17, 15) is 13.2 Å². The number of nitrogens with zero attached hydrogens (tertiary/aromatic N) is 1. The molecule has 0 heterocycles.